The van der Waals surface area contributed by atoms with Crippen molar-refractivity contribution in [2.24, 2.45) is 12.9 Å². The van der Waals surface area contributed by atoms with E-state index in [-0.39, 0.29) is 6.04 Å². The number of hydrazine groups is 1. The van der Waals surface area contributed by atoms with Crippen LogP contribution in [0.3, 0.4) is 0 Å². The molecule has 5 heteroatoms. The lowest BCUT2D eigenvalue weighted by molar-refractivity contribution is 0.532. The van der Waals surface area contributed by atoms with Gasteiger partial charge in [-0.1, -0.05) is 18.2 Å². The standard InChI is InChI=1S/C13H16N4S/c1-17-8-10(7-15-17)13(16-14)12-6-9-4-2-3-5-11(9)18-12/h2-5,7-8,12-13,16H,6,14H2,1H3. The third-order valence-corrected chi connectivity index (χ3v) is 4.70. The largest absolute Gasteiger partial charge is 0.275 e. The Morgan fingerprint density at radius 2 is 2.33 bits per heavy atom. The highest BCUT2D eigenvalue weighted by Crippen LogP contribution is 2.42. The van der Waals surface area contributed by atoms with Gasteiger partial charge in [-0.25, -0.2) is 0 Å². The van der Waals surface area contributed by atoms with Gasteiger partial charge in [0.15, 0.2) is 0 Å². The predicted molar refractivity (Wildman–Crippen MR) is 73.1 cm³/mol. The van der Waals surface area contributed by atoms with Crippen LogP contribution >= 0.6 is 11.8 Å². The maximum atomic E-state index is 5.73. The van der Waals surface area contributed by atoms with Crippen molar-refractivity contribution >= 4 is 11.8 Å². The summed E-state index contributed by atoms with van der Waals surface area (Å²) in [5.74, 6) is 5.73. The lowest BCUT2D eigenvalue weighted by Gasteiger charge is -2.20. The highest BCUT2D eigenvalue weighted by Gasteiger charge is 2.30. The summed E-state index contributed by atoms with van der Waals surface area (Å²) in [6.45, 7) is 0. The minimum absolute atomic E-state index is 0.135. The van der Waals surface area contributed by atoms with Crippen LogP contribution in [0.1, 0.15) is 17.2 Å². The van der Waals surface area contributed by atoms with E-state index in [1.54, 1.807) is 0 Å². The van der Waals surface area contributed by atoms with Crippen LogP contribution in [0.15, 0.2) is 41.6 Å². The molecule has 2 heterocycles. The van der Waals surface area contributed by atoms with E-state index in [0.717, 1.165) is 12.0 Å². The van der Waals surface area contributed by atoms with E-state index < -0.39 is 0 Å². The van der Waals surface area contributed by atoms with Crippen molar-refractivity contribution < 1.29 is 0 Å². The second-order valence-electron chi connectivity index (χ2n) is 4.56. The molecule has 2 unspecified atom stereocenters. The molecule has 3 rings (SSSR count). The van der Waals surface area contributed by atoms with Crippen molar-refractivity contribution in [1.82, 2.24) is 15.2 Å². The van der Waals surface area contributed by atoms with Gasteiger partial charge < -0.3 is 0 Å². The van der Waals surface area contributed by atoms with Crippen LogP contribution in [0.4, 0.5) is 0 Å². The molecule has 2 aromatic rings. The number of thioether (sulfide) groups is 1. The highest BCUT2D eigenvalue weighted by atomic mass is 32.2. The van der Waals surface area contributed by atoms with Crippen LogP contribution in [0.5, 0.6) is 0 Å². The van der Waals surface area contributed by atoms with E-state index in [2.05, 4.69) is 34.8 Å². The number of nitrogens with two attached hydrogens (primary N) is 1. The molecule has 3 N–H and O–H groups in total. The molecular weight excluding hydrogens is 244 g/mol. The summed E-state index contributed by atoms with van der Waals surface area (Å²) in [7, 11) is 1.92. The minimum atomic E-state index is 0.135. The molecule has 0 saturated carbocycles. The van der Waals surface area contributed by atoms with Gasteiger partial charge in [0.25, 0.3) is 0 Å². The first-order chi connectivity index (χ1) is 8.78. The number of aryl methyl sites for hydroxylation is 1. The molecule has 1 aliphatic heterocycles. The van der Waals surface area contributed by atoms with Crippen molar-refractivity contribution in [1.29, 1.82) is 0 Å². The maximum absolute atomic E-state index is 5.73. The Hall–Kier alpha value is -1.30. The Balaban J connectivity index is 1.83. The molecule has 4 nitrogen and oxygen atoms in total. The average molecular weight is 260 g/mol. The Kier molecular flexibility index (Phi) is 3.11. The SMILES string of the molecule is Cn1cc(C(NN)C2Cc3ccccc3S2)cn1. The molecule has 0 fully saturated rings. The molecule has 2 atom stereocenters. The van der Waals surface area contributed by atoms with E-state index in [0.29, 0.717) is 5.25 Å². The smallest absolute Gasteiger partial charge is 0.0616 e. The Morgan fingerprint density at radius 3 is 3.00 bits per heavy atom. The zero-order valence-corrected chi connectivity index (χ0v) is 11.0. The van der Waals surface area contributed by atoms with Crippen LogP contribution in [0.25, 0.3) is 0 Å². The molecule has 0 spiro atoms. The number of fused-ring (bicyclic) bond motifs is 1. The Labute approximate surface area is 111 Å². The molecular formula is C13H16N4S. The summed E-state index contributed by atoms with van der Waals surface area (Å²) in [5.41, 5.74) is 5.49. The van der Waals surface area contributed by atoms with Crippen molar-refractivity contribution in [3.8, 4) is 0 Å². The third-order valence-electron chi connectivity index (χ3n) is 3.31. The van der Waals surface area contributed by atoms with E-state index in [9.17, 15) is 0 Å². The summed E-state index contributed by atoms with van der Waals surface area (Å²) in [6.07, 6.45) is 4.95. The molecule has 94 valence electrons. The Bertz CT molecular complexity index is 526. The lowest BCUT2D eigenvalue weighted by Crippen LogP contribution is -2.34. The first-order valence-electron chi connectivity index (χ1n) is 5.97. The molecule has 18 heavy (non-hydrogen) atoms. The second-order valence-corrected chi connectivity index (χ2v) is 5.84. The quantitative estimate of drug-likeness (QED) is 0.651. The third kappa shape index (κ3) is 2.05. The van der Waals surface area contributed by atoms with Gasteiger partial charge in [-0.05, 0) is 18.1 Å². The molecule has 1 aromatic carbocycles. The maximum Gasteiger partial charge on any atom is 0.0616 e. The number of aromatic nitrogens is 2. The van der Waals surface area contributed by atoms with Crippen molar-refractivity contribution in [2.45, 2.75) is 22.6 Å². The van der Waals surface area contributed by atoms with Gasteiger partial charge in [-0.2, -0.15) is 5.10 Å². The van der Waals surface area contributed by atoms with E-state index in [1.165, 1.54) is 10.5 Å². The van der Waals surface area contributed by atoms with Gasteiger partial charge in [0, 0.05) is 29.0 Å². The summed E-state index contributed by atoms with van der Waals surface area (Å²) in [5, 5.41) is 4.65. The number of hydrogen-bond donors (Lipinski definition) is 2. The fraction of sp³-hybridized carbons (Fsp3) is 0.308. The normalized spacial score (nSPS) is 19.8. The van der Waals surface area contributed by atoms with Gasteiger partial charge >= 0.3 is 0 Å². The first kappa shape index (κ1) is 11.8. The van der Waals surface area contributed by atoms with Crippen molar-refractivity contribution in [2.75, 3.05) is 0 Å². The molecule has 0 aliphatic carbocycles. The van der Waals surface area contributed by atoms with E-state index in [1.807, 2.05) is 35.9 Å². The van der Waals surface area contributed by atoms with Crippen LogP contribution in [0, 0.1) is 0 Å². The number of benzene rings is 1. The van der Waals surface area contributed by atoms with Gasteiger partial charge in [-0.15, -0.1) is 11.8 Å². The van der Waals surface area contributed by atoms with Crippen molar-refractivity contribution in [3.63, 3.8) is 0 Å². The zero-order chi connectivity index (χ0) is 12.5. The van der Waals surface area contributed by atoms with Crippen LogP contribution in [0.2, 0.25) is 0 Å². The summed E-state index contributed by atoms with van der Waals surface area (Å²) >= 11 is 1.89. The zero-order valence-electron chi connectivity index (χ0n) is 10.2. The monoisotopic (exact) mass is 260 g/mol. The lowest BCUT2D eigenvalue weighted by atomic mass is 10.0. The van der Waals surface area contributed by atoms with Crippen LogP contribution < -0.4 is 11.3 Å². The number of nitrogens with zero attached hydrogens (tertiary/aromatic N) is 2. The topological polar surface area (TPSA) is 55.9 Å². The van der Waals surface area contributed by atoms with Gasteiger partial charge in [-0.3, -0.25) is 16.0 Å². The van der Waals surface area contributed by atoms with Crippen LogP contribution in [-0.4, -0.2) is 15.0 Å². The van der Waals surface area contributed by atoms with Gasteiger partial charge in [0.1, 0.15) is 0 Å². The highest BCUT2D eigenvalue weighted by molar-refractivity contribution is 8.00. The molecule has 1 aliphatic rings. The minimum Gasteiger partial charge on any atom is -0.275 e. The summed E-state index contributed by atoms with van der Waals surface area (Å²) in [4.78, 5) is 1.37. The first-order valence-corrected chi connectivity index (χ1v) is 6.85. The molecule has 0 radical (unpaired) electrons. The van der Waals surface area contributed by atoms with Crippen LogP contribution in [-0.2, 0) is 13.5 Å². The molecule has 0 bridgehead atoms. The second kappa shape index (κ2) is 4.76. The summed E-state index contributed by atoms with van der Waals surface area (Å²) < 4.78 is 1.81. The average Bonchev–Trinajstić information content (AvgIpc) is 2.96. The molecule has 0 amide bonds. The molecule has 1 aromatic heterocycles. The fourth-order valence-corrected chi connectivity index (χ4v) is 3.83. The summed E-state index contributed by atoms with van der Waals surface area (Å²) in [6, 6.07) is 8.69. The predicted octanol–water partition coefficient (Wildman–Crippen LogP) is 1.64. The Morgan fingerprint density at radius 1 is 1.50 bits per heavy atom. The fourth-order valence-electron chi connectivity index (χ4n) is 2.41. The number of hydrogen-bond acceptors (Lipinski definition) is 4. The number of rotatable bonds is 3. The van der Waals surface area contributed by atoms with Gasteiger partial charge in [0.05, 0.1) is 12.2 Å². The van der Waals surface area contributed by atoms with E-state index in [4.69, 9.17) is 5.84 Å². The van der Waals surface area contributed by atoms with Gasteiger partial charge in [0.2, 0.25) is 0 Å². The van der Waals surface area contributed by atoms with E-state index >= 15 is 0 Å². The molecule has 0 saturated heterocycles. The van der Waals surface area contributed by atoms with Crippen molar-refractivity contribution in [3.05, 3.63) is 47.8 Å². The number of nitrogens with one attached hydrogen (secondary N) is 1.